The fourth-order valence-corrected chi connectivity index (χ4v) is 1.10. The summed E-state index contributed by atoms with van der Waals surface area (Å²) in [6.45, 7) is 0. The van der Waals surface area contributed by atoms with Crippen molar-refractivity contribution in [2.24, 2.45) is 0 Å². The van der Waals surface area contributed by atoms with Crippen LogP contribution in [0.5, 0.6) is 5.75 Å². The van der Waals surface area contributed by atoms with Gasteiger partial charge < -0.3 is 19.7 Å². The van der Waals surface area contributed by atoms with Crippen LogP contribution in [-0.2, 0) is 9.59 Å². The van der Waals surface area contributed by atoms with Crippen molar-refractivity contribution >= 4 is 17.5 Å². The number of rotatable bonds is 4. The van der Waals surface area contributed by atoms with E-state index in [-0.39, 0.29) is 70.4 Å². The van der Waals surface area contributed by atoms with Crippen LogP contribution < -0.4 is 74.1 Å². The molecular weight excluding hydrogens is 258 g/mol. The van der Waals surface area contributed by atoms with Crippen molar-refractivity contribution in [3.63, 3.8) is 0 Å². The molecule has 0 aromatic heterocycles. The van der Waals surface area contributed by atoms with Gasteiger partial charge in [-0.3, -0.25) is 4.79 Å². The van der Waals surface area contributed by atoms with Gasteiger partial charge >= 0.3 is 59.1 Å². The smallest absolute Gasteiger partial charge is 0.872 e. The van der Waals surface area contributed by atoms with Crippen LogP contribution in [-0.4, -0.2) is 18.9 Å². The van der Waals surface area contributed by atoms with Crippen molar-refractivity contribution in [3.8, 4) is 5.75 Å². The maximum atomic E-state index is 11.5. The zero-order chi connectivity index (χ0) is 12.1. The van der Waals surface area contributed by atoms with Crippen LogP contribution in [0.25, 0.3) is 5.76 Å². The van der Waals surface area contributed by atoms with Gasteiger partial charge in [-0.2, -0.15) is 0 Å². The molecule has 0 saturated heterocycles. The van der Waals surface area contributed by atoms with Gasteiger partial charge in [0.05, 0.1) is 7.11 Å². The summed E-state index contributed by atoms with van der Waals surface area (Å²) in [6.07, 6.45) is 0.465. The van der Waals surface area contributed by atoms with E-state index in [9.17, 15) is 19.8 Å². The van der Waals surface area contributed by atoms with Gasteiger partial charge in [0.2, 0.25) is 5.78 Å². The van der Waals surface area contributed by atoms with Gasteiger partial charge in [0.1, 0.15) is 11.7 Å². The second-order valence-corrected chi connectivity index (χ2v) is 2.86. The number of carbonyl (C=O) groups excluding carboxylic acids is 2. The summed E-state index contributed by atoms with van der Waals surface area (Å²) in [6, 6.07) is 6.19. The molecule has 0 heterocycles. The molecule has 0 fully saturated rings. The molecule has 1 aromatic carbocycles. The summed E-state index contributed by atoms with van der Waals surface area (Å²) < 4.78 is 4.89. The van der Waals surface area contributed by atoms with E-state index < -0.39 is 17.5 Å². The molecule has 0 N–H and O–H groups in total. The molecule has 0 spiro atoms. The number of ether oxygens (including phenoxy) is 1. The van der Waals surface area contributed by atoms with Crippen molar-refractivity contribution in [2.75, 3.05) is 7.11 Å². The summed E-state index contributed by atoms with van der Waals surface area (Å²) in [5.74, 6) is -3.74. The molecule has 84 valence electrons. The van der Waals surface area contributed by atoms with Crippen LogP contribution in [0.1, 0.15) is 5.56 Å². The van der Waals surface area contributed by atoms with E-state index in [0.29, 0.717) is 6.08 Å². The number of benzene rings is 1. The third-order valence-electron chi connectivity index (χ3n) is 1.84. The Balaban J connectivity index is 0. The van der Waals surface area contributed by atoms with Gasteiger partial charge in [0.25, 0.3) is 0 Å². The Kier molecular flexibility index (Phi) is 10.7. The van der Waals surface area contributed by atoms with Crippen molar-refractivity contribution in [3.05, 3.63) is 35.9 Å². The molecule has 7 heteroatoms. The molecule has 0 unspecified atom stereocenters. The van der Waals surface area contributed by atoms with Crippen LogP contribution in [0.4, 0.5) is 0 Å². The van der Waals surface area contributed by atoms with Gasteiger partial charge in [-0.15, -0.1) is 0 Å². The fourth-order valence-electron chi connectivity index (χ4n) is 1.10. The molecule has 1 rings (SSSR count). The number of ketones is 1. The molecule has 18 heavy (non-hydrogen) atoms. The third kappa shape index (κ3) is 5.56. The van der Waals surface area contributed by atoms with Crippen molar-refractivity contribution in [1.82, 2.24) is 0 Å². The van der Waals surface area contributed by atoms with Gasteiger partial charge in [-0.25, -0.2) is 0 Å². The maximum absolute atomic E-state index is 11.5. The second kappa shape index (κ2) is 9.61. The Morgan fingerprint density at radius 3 is 2.22 bits per heavy atom. The largest absolute Gasteiger partial charge is 1.00 e. The van der Waals surface area contributed by atoms with Crippen LogP contribution >= 0.6 is 0 Å². The Bertz CT molecular complexity index is 457. The first-order valence-electron chi connectivity index (χ1n) is 4.33. The van der Waals surface area contributed by atoms with E-state index in [4.69, 9.17) is 4.74 Å². The zero-order valence-electron chi connectivity index (χ0n) is 10.4. The first-order chi connectivity index (χ1) is 7.56. The van der Waals surface area contributed by atoms with Crippen molar-refractivity contribution in [1.29, 1.82) is 0 Å². The number of para-hydroxylation sites is 1. The van der Waals surface area contributed by atoms with Crippen molar-refractivity contribution in [2.45, 2.75) is 0 Å². The zero-order valence-corrected chi connectivity index (χ0v) is 14.4. The predicted molar refractivity (Wildman–Crippen MR) is 51.0 cm³/mol. The normalized spacial score (nSPS) is 9.72. The topological polar surface area (TPSA) is 89.5 Å². The third-order valence-corrected chi connectivity index (χ3v) is 1.84. The van der Waals surface area contributed by atoms with E-state index in [1.807, 2.05) is 0 Å². The van der Waals surface area contributed by atoms with Gasteiger partial charge in [-0.1, -0.05) is 24.0 Å². The molecule has 0 aliphatic carbocycles. The molecule has 0 atom stereocenters. The summed E-state index contributed by atoms with van der Waals surface area (Å²) in [4.78, 5) is 20.9. The van der Waals surface area contributed by atoms with E-state index in [1.54, 1.807) is 12.1 Å². The van der Waals surface area contributed by atoms with Gasteiger partial charge in [0, 0.05) is 5.56 Å². The number of carboxylic acid groups (broad SMARTS) is 1. The van der Waals surface area contributed by atoms with Crippen LogP contribution in [0.2, 0.25) is 0 Å². The fraction of sp³-hybridized carbons (Fsp3) is 0.0909. The van der Waals surface area contributed by atoms with Crippen LogP contribution in [0.15, 0.2) is 30.3 Å². The molecule has 0 aliphatic heterocycles. The number of carboxylic acids is 1. The Morgan fingerprint density at radius 1 is 1.17 bits per heavy atom. The number of carbonyl (C=O) groups is 2. The molecule has 1 aromatic rings. The Labute approximate surface area is 148 Å². The minimum Gasteiger partial charge on any atom is -0.872 e. The van der Waals surface area contributed by atoms with Crippen LogP contribution in [0, 0.1) is 0 Å². The minimum absolute atomic E-state index is 0. The molecule has 0 aliphatic rings. The molecule has 0 radical (unpaired) electrons. The Hall–Kier alpha value is -0.300. The standard InChI is InChI=1S/C11H10O5.2Na/c1-16-10-5-3-2-4-7(10)8(12)6-9(13)11(14)15;;/h2-6,12H,1H3,(H,14,15);;/q;2*+1/p-2. The molecule has 0 bridgehead atoms. The minimum atomic E-state index is -1.91. The average molecular weight is 266 g/mol. The number of hydrogen-bond acceptors (Lipinski definition) is 5. The average Bonchev–Trinajstić information content (AvgIpc) is 2.28. The van der Waals surface area contributed by atoms with Gasteiger partial charge in [0.15, 0.2) is 0 Å². The second-order valence-electron chi connectivity index (χ2n) is 2.86. The van der Waals surface area contributed by atoms with Gasteiger partial charge in [-0.05, 0) is 12.1 Å². The van der Waals surface area contributed by atoms with Crippen molar-refractivity contribution < 1.29 is 83.7 Å². The van der Waals surface area contributed by atoms with E-state index in [1.165, 1.54) is 19.2 Å². The maximum Gasteiger partial charge on any atom is 1.00 e. The van der Waals surface area contributed by atoms with Crippen LogP contribution in [0.3, 0.4) is 0 Å². The summed E-state index contributed by atoms with van der Waals surface area (Å²) in [5, 5.41) is 21.6. The predicted octanol–water partition coefficient (Wildman–Crippen LogP) is -7.28. The number of hydrogen-bond donors (Lipinski definition) is 0. The summed E-state index contributed by atoms with van der Waals surface area (Å²) in [5.41, 5.74) is 0.125. The van der Waals surface area contributed by atoms with E-state index in [2.05, 4.69) is 0 Å². The molecular formula is C11H8Na2O5. The number of aliphatic carboxylic acids is 1. The molecule has 0 amide bonds. The Morgan fingerprint density at radius 2 is 1.72 bits per heavy atom. The first-order valence-corrected chi connectivity index (χ1v) is 4.33. The summed E-state index contributed by atoms with van der Waals surface area (Å²) in [7, 11) is 1.37. The quantitative estimate of drug-likeness (QED) is 0.234. The number of methoxy groups -OCH3 is 1. The molecule has 5 nitrogen and oxygen atoms in total. The van der Waals surface area contributed by atoms with E-state index >= 15 is 0 Å². The SMILES string of the molecule is COc1ccccc1C([O-])=CC(=O)C(=O)[O-].[Na+].[Na+]. The molecule has 0 saturated carbocycles. The first kappa shape index (κ1) is 20.0. The monoisotopic (exact) mass is 266 g/mol. The van der Waals surface area contributed by atoms with E-state index in [0.717, 1.165) is 0 Å². The summed E-state index contributed by atoms with van der Waals surface area (Å²) >= 11 is 0.